The van der Waals surface area contributed by atoms with Crippen LogP contribution in [-0.2, 0) is 4.79 Å². The SMILES string of the molecule is CC1CCCC1CCC(=O)O. The summed E-state index contributed by atoms with van der Waals surface area (Å²) in [5, 5.41) is 8.46. The van der Waals surface area contributed by atoms with E-state index in [0.29, 0.717) is 12.3 Å². The molecule has 2 atom stereocenters. The zero-order chi connectivity index (χ0) is 8.27. The third-order valence-electron chi connectivity index (χ3n) is 2.77. The molecule has 64 valence electrons. The molecule has 0 spiro atoms. The minimum atomic E-state index is -0.649. The molecule has 11 heavy (non-hydrogen) atoms. The molecule has 0 aliphatic heterocycles. The van der Waals surface area contributed by atoms with Gasteiger partial charge in [-0.15, -0.1) is 0 Å². The van der Waals surface area contributed by atoms with Gasteiger partial charge in [-0.1, -0.05) is 26.2 Å². The first-order valence-electron chi connectivity index (χ1n) is 4.42. The second kappa shape index (κ2) is 3.74. The summed E-state index contributed by atoms with van der Waals surface area (Å²) in [6.45, 7) is 2.24. The van der Waals surface area contributed by atoms with Crippen LogP contribution in [-0.4, -0.2) is 11.1 Å². The van der Waals surface area contributed by atoms with Crippen molar-refractivity contribution >= 4 is 5.97 Å². The summed E-state index contributed by atoms with van der Waals surface area (Å²) in [5.74, 6) is 0.796. The number of hydrogen-bond donors (Lipinski definition) is 1. The molecule has 1 fully saturated rings. The maximum atomic E-state index is 10.3. The van der Waals surface area contributed by atoms with E-state index in [1.54, 1.807) is 0 Å². The van der Waals surface area contributed by atoms with Gasteiger partial charge in [-0.2, -0.15) is 0 Å². The highest BCUT2D eigenvalue weighted by Gasteiger charge is 2.23. The maximum absolute atomic E-state index is 10.3. The third-order valence-corrected chi connectivity index (χ3v) is 2.77. The van der Waals surface area contributed by atoms with Crippen LogP contribution < -0.4 is 0 Å². The van der Waals surface area contributed by atoms with Gasteiger partial charge in [0, 0.05) is 6.42 Å². The van der Waals surface area contributed by atoms with E-state index < -0.39 is 5.97 Å². The van der Waals surface area contributed by atoms with Crippen molar-refractivity contribution in [2.45, 2.75) is 39.0 Å². The van der Waals surface area contributed by atoms with E-state index in [1.807, 2.05) is 0 Å². The number of hydrogen-bond acceptors (Lipinski definition) is 1. The molecule has 1 N–H and O–H groups in total. The van der Waals surface area contributed by atoms with Crippen LogP contribution >= 0.6 is 0 Å². The van der Waals surface area contributed by atoms with Crippen LogP contribution in [0.2, 0.25) is 0 Å². The molecule has 0 aromatic rings. The zero-order valence-electron chi connectivity index (χ0n) is 7.05. The van der Waals surface area contributed by atoms with Crippen LogP contribution in [0.4, 0.5) is 0 Å². The Morgan fingerprint density at radius 3 is 2.73 bits per heavy atom. The molecule has 1 rings (SSSR count). The first-order valence-corrected chi connectivity index (χ1v) is 4.42. The average molecular weight is 156 g/mol. The minimum Gasteiger partial charge on any atom is -0.481 e. The quantitative estimate of drug-likeness (QED) is 0.680. The summed E-state index contributed by atoms with van der Waals surface area (Å²) in [4.78, 5) is 10.3. The second-order valence-electron chi connectivity index (χ2n) is 3.60. The molecular weight excluding hydrogens is 140 g/mol. The van der Waals surface area contributed by atoms with Gasteiger partial charge in [0.1, 0.15) is 0 Å². The Kier molecular flexibility index (Phi) is 2.92. The van der Waals surface area contributed by atoms with Gasteiger partial charge in [0.05, 0.1) is 0 Å². The summed E-state index contributed by atoms with van der Waals surface area (Å²) in [6.07, 6.45) is 5.08. The van der Waals surface area contributed by atoms with E-state index >= 15 is 0 Å². The lowest BCUT2D eigenvalue weighted by Gasteiger charge is -2.12. The fraction of sp³-hybridized carbons (Fsp3) is 0.889. The lowest BCUT2D eigenvalue weighted by atomic mass is 9.93. The van der Waals surface area contributed by atoms with E-state index in [9.17, 15) is 4.79 Å². The Morgan fingerprint density at radius 1 is 1.55 bits per heavy atom. The average Bonchev–Trinajstić information content (AvgIpc) is 2.31. The van der Waals surface area contributed by atoms with Gasteiger partial charge in [-0.25, -0.2) is 0 Å². The highest BCUT2D eigenvalue weighted by atomic mass is 16.4. The lowest BCUT2D eigenvalue weighted by Crippen LogP contribution is -2.06. The van der Waals surface area contributed by atoms with E-state index in [4.69, 9.17) is 5.11 Å². The molecule has 0 amide bonds. The third kappa shape index (κ3) is 2.52. The number of carbonyl (C=O) groups is 1. The van der Waals surface area contributed by atoms with Crippen LogP contribution in [0.25, 0.3) is 0 Å². The molecule has 0 aromatic heterocycles. The fourth-order valence-corrected chi connectivity index (χ4v) is 1.96. The lowest BCUT2D eigenvalue weighted by molar-refractivity contribution is -0.137. The molecule has 0 saturated heterocycles. The van der Waals surface area contributed by atoms with Crippen LogP contribution in [0.5, 0.6) is 0 Å². The van der Waals surface area contributed by atoms with Crippen molar-refractivity contribution in [1.29, 1.82) is 0 Å². The van der Waals surface area contributed by atoms with Gasteiger partial charge >= 0.3 is 5.97 Å². The van der Waals surface area contributed by atoms with Crippen LogP contribution in [0.15, 0.2) is 0 Å². The monoisotopic (exact) mass is 156 g/mol. The van der Waals surface area contributed by atoms with Gasteiger partial charge in [0.2, 0.25) is 0 Å². The Hall–Kier alpha value is -0.530. The van der Waals surface area contributed by atoms with Gasteiger partial charge in [0.25, 0.3) is 0 Å². The van der Waals surface area contributed by atoms with Crippen molar-refractivity contribution < 1.29 is 9.90 Å². The normalized spacial score (nSPS) is 30.6. The van der Waals surface area contributed by atoms with Gasteiger partial charge in [-0.3, -0.25) is 4.79 Å². The molecule has 0 radical (unpaired) electrons. The summed E-state index contributed by atoms with van der Waals surface area (Å²) < 4.78 is 0. The summed E-state index contributed by atoms with van der Waals surface area (Å²) in [7, 11) is 0. The summed E-state index contributed by atoms with van der Waals surface area (Å²) >= 11 is 0. The van der Waals surface area contributed by atoms with Crippen molar-refractivity contribution in [3.05, 3.63) is 0 Å². The van der Waals surface area contributed by atoms with Crippen LogP contribution in [0.3, 0.4) is 0 Å². The molecule has 1 aliphatic rings. The Bertz CT molecular complexity index is 142. The van der Waals surface area contributed by atoms with Gasteiger partial charge < -0.3 is 5.11 Å². The minimum absolute atomic E-state index is 0.356. The van der Waals surface area contributed by atoms with E-state index in [1.165, 1.54) is 19.3 Å². The van der Waals surface area contributed by atoms with Gasteiger partial charge in [0.15, 0.2) is 0 Å². The Balaban J connectivity index is 2.20. The van der Waals surface area contributed by atoms with Crippen LogP contribution in [0, 0.1) is 11.8 Å². The Labute approximate surface area is 67.6 Å². The van der Waals surface area contributed by atoms with Crippen LogP contribution in [0.1, 0.15) is 39.0 Å². The van der Waals surface area contributed by atoms with Crippen molar-refractivity contribution in [2.75, 3.05) is 0 Å². The molecule has 0 aromatic carbocycles. The summed E-state index contributed by atoms with van der Waals surface area (Å²) in [6, 6.07) is 0. The first-order chi connectivity index (χ1) is 5.20. The molecule has 2 heteroatoms. The number of carboxylic acids is 1. The predicted molar refractivity (Wildman–Crippen MR) is 43.4 cm³/mol. The highest BCUT2D eigenvalue weighted by Crippen LogP contribution is 2.34. The first kappa shape index (κ1) is 8.57. The van der Waals surface area contributed by atoms with E-state index in [-0.39, 0.29) is 0 Å². The maximum Gasteiger partial charge on any atom is 0.303 e. The largest absolute Gasteiger partial charge is 0.481 e. The molecule has 0 bridgehead atoms. The molecule has 2 unspecified atom stereocenters. The molecule has 0 heterocycles. The van der Waals surface area contributed by atoms with Crippen molar-refractivity contribution in [2.24, 2.45) is 11.8 Å². The molecule has 1 saturated carbocycles. The molecule has 1 aliphatic carbocycles. The highest BCUT2D eigenvalue weighted by molar-refractivity contribution is 5.66. The molecular formula is C9H16O2. The zero-order valence-corrected chi connectivity index (χ0v) is 7.05. The topological polar surface area (TPSA) is 37.3 Å². The number of carboxylic acid groups (broad SMARTS) is 1. The van der Waals surface area contributed by atoms with Gasteiger partial charge in [-0.05, 0) is 18.3 Å². The predicted octanol–water partition coefficient (Wildman–Crippen LogP) is 2.29. The van der Waals surface area contributed by atoms with E-state index in [0.717, 1.165) is 12.3 Å². The number of aliphatic carboxylic acids is 1. The smallest absolute Gasteiger partial charge is 0.303 e. The van der Waals surface area contributed by atoms with E-state index in [2.05, 4.69) is 6.92 Å². The molecule has 2 nitrogen and oxygen atoms in total. The van der Waals surface area contributed by atoms with Crippen molar-refractivity contribution in [3.63, 3.8) is 0 Å². The van der Waals surface area contributed by atoms with Crippen molar-refractivity contribution in [1.82, 2.24) is 0 Å². The summed E-state index contributed by atoms with van der Waals surface area (Å²) in [5.41, 5.74) is 0. The standard InChI is InChI=1S/C9H16O2/c1-7-3-2-4-8(7)5-6-9(10)11/h7-8H,2-6H2,1H3,(H,10,11). The fourth-order valence-electron chi connectivity index (χ4n) is 1.96. The number of rotatable bonds is 3. The second-order valence-corrected chi connectivity index (χ2v) is 3.60. The van der Waals surface area contributed by atoms with Crippen molar-refractivity contribution in [3.8, 4) is 0 Å². The Morgan fingerprint density at radius 2 is 2.27 bits per heavy atom.